The first kappa shape index (κ1) is 15.5. The highest BCUT2D eigenvalue weighted by atomic mass is 35.5. The van der Waals surface area contributed by atoms with Gasteiger partial charge in [-0.1, -0.05) is 29.8 Å². The molecular weight excluding hydrogens is 312 g/mol. The lowest BCUT2D eigenvalue weighted by Crippen LogP contribution is -2.29. The summed E-state index contributed by atoms with van der Waals surface area (Å²) in [4.78, 5) is 7.00. The van der Waals surface area contributed by atoms with Crippen LogP contribution in [-0.4, -0.2) is 35.8 Å². The second kappa shape index (κ2) is 5.48. The maximum Gasteiger partial charge on any atom is 0.356 e. The second-order valence-corrected chi connectivity index (χ2v) is 6.93. The molecule has 8 heteroatoms. The molecule has 0 amide bonds. The zero-order valence-corrected chi connectivity index (χ0v) is 13.3. The van der Waals surface area contributed by atoms with Crippen LogP contribution in [0.2, 0.25) is 5.15 Å². The van der Waals surface area contributed by atoms with Crippen molar-refractivity contribution in [3.05, 3.63) is 46.4 Å². The zero-order valence-electron chi connectivity index (χ0n) is 11.7. The maximum atomic E-state index is 12.4. The van der Waals surface area contributed by atoms with E-state index in [1.165, 1.54) is 14.1 Å². The minimum atomic E-state index is -3.90. The molecule has 0 N–H and O–H groups in total. The third-order valence-corrected chi connectivity index (χ3v) is 4.89. The minimum absolute atomic E-state index is 0.0183. The summed E-state index contributed by atoms with van der Waals surface area (Å²) in [6, 6.07) is 7.16. The van der Waals surface area contributed by atoms with E-state index < -0.39 is 10.2 Å². The van der Waals surface area contributed by atoms with Gasteiger partial charge in [-0.15, -0.1) is 11.6 Å². The van der Waals surface area contributed by atoms with Gasteiger partial charge in [0, 0.05) is 19.7 Å². The van der Waals surface area contributed by atoms with Gasteiger partial charge in [0.05, 0.1) is 0 Å². The standard InChI is InChI=1S/C13H13ClN4O2S/c1-9-5-7-10(8-6-9)11-12(14)16-13(15-2)18(11)21(19,20)17(3)4/h5-8H,1,3-4H3. The minimum Gasteiger partial charge on any atom is -0.396 e. The molecule has 0 unspecified atom stereocenters. The number of halogens is 1. The Morgan fingerprint density at radius 1 is 1.29 bits per heavy atom. The highest BCUT2D eigenvalue weighted by Crippen LogP contribution is 2.34. The Hall–Kier alpha value is -1.88. The number of aryl methyl sites for hydroxylation is 1. The molecule has 0 saturated carbocycles. The summed E-state index contributed by atoms with van der Waals surface area (Å²) in [5.74, 6) is -0.288. The van der Waals surface area contributed by atoms with E-state index in [4.69, 9.17) is 18.2 Å². The zero-order chi connectivity index (χ0) is 15.8. The number of rotatable bonds is 3. The Morgan fingerprint density at radius 3 is 2.33 bits per heavy atom. The largest absolute Gasteiger partial charge is 0.396 e. The molecule has 0 aliphatic carbocycles. The molecule has 2 rings (SSSR count). The maximum absolute atomic E-state index is 12.4. The molecule has 1 aromatic heterocycles. The van der Waals surface area contributed by atoms with Crippen LogP contribution < -0.4 is 0 Å². The highest BCUT2D eigenvalue weighted by Gasteiger charge is 2.31. The quantitative estimate of drug-likeness (QED) is 0.816. The Kier molecular flexibility index (Phi) is 4.05. The van der Waals surface area contributed by atoms with E-state index in [0.29, 0.717) is 5.56 Å². The van der Waals surface area contributed by atoms with Gasteiger partial charge in [0.1, 0.15) is 0 Å². The Bertz CT molecular complexity index is 817. The van der Waals surface area contributed by atoms with Crippen molar-refractivity contribution in [2.75, 3.05) is 14.1 Å². The van der Waals surface area contributed by atoms with Crippen molar-refractivity contribution < 1.29 is 8.42 Å². The molecule has 0 aliphatic rings. The predicted molar refractivity (Wildman–Crippen MR) is 81.7 cm³/mol. The van der Waals surface area contributed by atoms with Crippen molar-refractivity contribution >= 4 is 27.8 Å². The molecule has 0 aliphatic heterocycles. The fourth-order valence-electron chi connectivity index (χ4n) is 1.77. The monoisotopic (exact) mass is 324 g/mol. The number of imidazole rings is 1. The van der Waals surface area contributed by atoms with Gasteiger partial charge in [0.2, 0.25) is 5.15 Å². The van der Waals surface area contributed by atoms with Crippen LogP contribution in [0.15, 0.2) is 24.3 Å². The second-order valence-electron chi connectivity index (χ2n) is 4.58. The average molecular weight is 325 g/mol. The number of benzene rings is 1. The van der Waals surface area contributed by atoms with Crippen molar-refractivity contribution in [2.45, 2.75) is 6.92 Å². The Labute approximate surface area is 128 Å². The average Bonchev–Trinajstić information content (AvgIpc) is 2.77. The molecule has 110 valence electrons. The molecule has 0 radical (unpaired) electrons. The van der Waals surface area contributed by atoms with E-state index in [1.54, 1.807) is 12.1 Å². The predicted octanol–water partition coefficient (Wildman–Crippen LogP) is 2.72. The van der Waals surface area contributed by atoms with Crippen LogP contribution >= 0.6 is 11.6 Å². The van der Waals surface area contributed by atoms with E-state index in [0.717, 1.165) is 13.8 Å². The SMILES string of the molecule is [C-]#[N+]c1nc(Cl)c(-c2ccc(C)cc2)n1S(=O)(=O)N(C)C. The molecular formula is C13H13ClN4O2S. The Balaban J connectivity index is 2.82. The summed E-state index contributed by atoms with van der Waals surface area (Å²) < 4.78 is 26.7. The number of nitrogens with zero attached hydrogens (tertiary/aromatic N) is 4. The molecule has 1 heterocycles. The summed E-state index contributed by atoms with van der Waals surface area (Å²) in [6.07, 6.45) is 0. The van der Waals surface area contributed by atoms with Crippen LogP contribution in [0.5, 0.6) is 0 Å². The van der Waals surface area contributed by atoms with Crippen LogP contribution in [0, 0.1) is 13.5 Å². The van der Waals surface area contributed by atoms with Crippen molar-refractivity contribution in [1.82, 2.24) is 13.3 Å². The van der Waals surface area contributed by atoms with Crippen LogP contribution in [0.3, 0.4) is 0 Å². The summed E-state index contributed by atoms with van der Waals surface area (Å²) >= 11 is 6.06. The molecule has 0 fully saturated rings. The van der Waals surface area contributed by atoms with E-state index in [1.807, 2.05) is 19.1 Å². The van der Waals surface area contributed by atoms with Crippen LogP contribution in [0.4, 0.5) is 5.95 Å². The molecule has 2 aromatic rings. The first-order valence-corrected chi connectivity index (χ1v) is 7.72. The lowest BCUT2D eigenvalue weighted by atomic mass is 10.1. The van der Waals surface area contributed by atoms with Gasteiger partial charge < -0.3 is 4.85 Å². The summed E-state index contributed by atoms with van der Waals surface area (Å²) in [5, 5.41) is -0.0183. The highest BCUT2D eigenvalue weighted by molar-refractivity contribution is 7.87. The lowest BCUT2D eigenvalue weighted by molar-refractivity contribution is 0.512. The van der Waals surface area contributed by atoms with Gasteiger partial charge in [-0.2, -0.15) is 16.7 Å². The molecule has 0 bridgehead atoms. The van der Waals surface area contributed by atoms with Crippen LogP contribution in [0.25, 0.3) is 16.1 Å². The first-order chi connectivity index (χ1) is 9.78. The van der Waals surface area contributed by atoms with Gasteiger partial charge in [0.25, 0.3) is 0 Å². The molecule has 21 heavy (non-hydrogen) atoms. The van der Waals surface area contributed by atoms with Crippen molar-refractivity contribution in [1.29, 1.82) is 0 Å². The van der Waals surface area contributed by atoms with E-state index in [-0.39, 0.29) is 16.8 Å². The van der Waals surface area contributed by atoms with Crippen LogP contribution in [0.1, 0.15) is 5.56 Å². The summed E-state index contributed by atoms with van der Waals surface area (Å²) in [5.41, 5.74) is 1.80. The number of hydrogen-bond acceptors (Lipinski definition) is 3. The third-order valence-electron chi connectivity index (χ3n) is 2.90. The smallest absolute Gasteiger partial charge is 0.356 e. The van der Waals surface area contributed by atoms with Gasteiger partial charge >= 0.3 is 16.2 Å². The summed E-state index contributed by atoms with van der Waals surface area (Å²) in [6.45, 7) is 9.03. The van der Waals surface area contributed by atoms with E-state index in [9.17, 15) is 8.42 Å². The molecule has 0 saturated heterocycles. The van der Waals surface area contributed by atoms with Crippen molar-refractivity contribution in [3.8, 4) is 11.3 Å². The molecule has 6 nitrogen and oxygen atoms in total. The molecule has 0 atom stereocenters. The normalized spacial score (nSPS) is 11.6. The van der Waals surface area contributed by atoms with Crippen LogP contribution in [-0.2, 0) is 10.2 Å². The van der Waals surface area contributed by atoms with Gasteiger partial charge in [-0.05, 0) is 18.5 Å². The topological polar surface area (TPSA) is 59.6 Å². The Morgan fingerprint density at radius 2 is 1.86 bits per heavy atom. The fourth-order valence-corrected chi connectivity index (χ4v) is 3.13. The first-order valence-electron chi connectivity index (χ1n) is 5.94. The lowest BCUT2D eigenvalue weighted by Gasteiger charge is -2.13. The third kappa shape index (κ3) is 2.65. The van der Waals surface area contributed by atoms with Crippen molar-refractivity contribution in [2.24, 2.45) is 0 Å². The van der Waals surface area contributed by atoms with Gasteiger partial charge in [-0.3, -0.25) is 0 Å². The van der Waals surface area contributed by atoms with Crippen molar-refractivity contribution in [3.63, 3.8) is 0 Å². The number of hydrogen-bond donors (Lipinski definition) is 0. The molecule has 0 spiro atoms. The fraction of sp³-hybridized carbons (Fsp3) is 0.231. The summed E-state index contributed by atoms with van der Waals surface area (Å²) in [7, 11) is -1.13. The van der Waals surface area contributed by atoms with Gasteiger partial charge in [0.15, 0.2) is 5.69 Å². The van der Waals surface area contributed by atoms with Gasteiger partial charge in [-0.25, -0.2) is 0 Å². The van der Waals surface area contributed by atoms with E-state index >= 15 is 0 Å². The molecule has 1 aromatic carbocycles. The number of aromatic nitrogens is 2. The van der Waals surface area contributed by atoms with E-state index in [2.05, 4.69) is 9.83 Å².